The van der Waals surface area contributed by atoms with Crippen LogP contribution in [0.3, 0.4) is 0 Å². The molecule has 1 heterocycles. The fourth-order valence-electron chi connectivity index (χ4n) is 3.30. The maximum atomic E-state index is 13.0. The van der Waals surface area contributed by atoms with Gasteiger partial charge < -0.3 is 0 Å². The number of nitrogens with zero attached hydrogens (tertiary/aromatic N) is 2. The molecule has 0 saturated carbocycles. The van der Waals surface area contributed by atoms with Gasteiger partial charge in [0.25, 0.3) is 5.56 Å². The zero-order valence-electron chi connectivity index (χ0n) is 15.5. The Morgan fingerprint density at radius 2 is 1.66 bits per heavy atom. The molecule has 0 saturated heterocycles. The fourth-order valence-corrected chi connectivity index (χ4v) is 3.58. The summed E-state index contributed by atoms with van der Waals surface area (Å²) in [6, 6.07) is 24.6. The standard InChI is InChI=1S/C22H19N3O3S/c26-22-20-12-5-4-11-19(20)21(24-25(22)18-9-2-1-3-10-18)17-8-6-7-16(15-17)13-14-23-29(27)28/h1-12,15,23H,13-14H2,(H,27,28). The minimum Gasteiger partial charge on any atom is -0.294 e. The number of fused-ring (bicyclic) bond motifs is 1. The first-order valence-electron chi connectivity index (χ1n) is 9.14. The molecule has 0 fully saturated rings. The van der Waals surface area contributed by atoms with Crippen LogP contribution in [-0.2, 0) is 17.7 Å². The van der Waals surface area contributed by atoms with Crippen molar-refractivity contribution in [3.05, 3.63) is 94.8 Å². The SMILES string of the molecule is O=c1c2ccccc2c(-c2cccc(CCNS(=O)O)c2)nn1-c1ccccc1. The Hall–Kier alpha value is -3.13. The minimum absolute atomic E-state index is 0.165. The zero-order valence-corrected chi connectivity index (χ0v) is 16.3. The molecule has 2 N–H and O–H groups in total. The molecular formula is C22H19N3O3S. The first-order chi connectivity index (χ1) is 14.1. The minimum atomic E-state index is -2.03. The number of rotatable bonds is 6. The molecule has 4 rings (SSSR count). The van der Waals surface area contributed by atoms with Crippen molar-refractivity contribution >= 4 is 22.0 Å². The van der Waals surface area contributed by atoms with Crippen LogP contribution in [0.15, 0.2) is 83.7 Å². The molecule has 6 nitrogen and oxygen atoms in total. The monoisotopic (exact) mass is 405 g/mol. The molecule has 4 aromatic rings. The first-order valence-corrected chi connectivity index (χ1v) is 10.3. The largest absolute Gasteiger partial charge is 0.294 e. The van der Waals surface area contributed by atoms with E-state index < -0.39 is 11.3 Å². The number of hydrogen-bond donors (Lipinski definition) is 2. The van der Waals surface area contributed by atoms with Gasteiger partial charge >= 0.3 is 0 Å². The Balaban J connectivity index is 1.85. The van der Waals surface area contributed by atoms with Crippen LogP contribution in [0, 0.1) is 0 Å². The molecule has 0 radical (unpaired) electrons. The van der Waals surface area contributed by atoms with Crippen LogP contribution in [0.25, 0.3) is 27.7 Å². The maximum Gasteiger partial charge on any atom is 0.279 e. The van der Waals surface area contributed by atoms with Crippen molar-refractivity contribution in [2.24, 2.45) is 0 Å². The van der Waals surface area contributed by atoms with Crippen LogP contribution >= 0.6 is 0 Å². The van der Waals surface area contributed by atoms with Crippen LogP contribution in [0.1, 0.15) is 5.56 Å². The van der Waals surface area contributed by atoms with Gasteiger partial charge in [0.2, 0.25) is 11.3 Å². The van der Waals surface area contributed by atoms with Crippen molar-refractivity contribution in [3.8, 4) is 16.9 Å². The molecule has 1 aromatic heterocycles. The number of benzene rings is 3. The Kier molecular flexibility index (Phi) is 5.62. The number of para-hydroxylation sites is 1. The van der Waals surface area contributed by atoms with Gasteiger partial charge in [0.15, 0.2) is 0 Å². The Morgan fingerprint density at radius 3 is 2.41 bits per heavy atom. The summed E-state index contributed by atoms with van der Waals surface area (Å²) in [5, 5.41) is 6.08. The highest BCUT2D eigenvalue weighted by molar-refractivity contribution is 7.77. The lowest BCUT2D eigenvalue weighted by Gasteiger charge is -2.12. The third-order valence-corrected chi connectivity index (χ3v) is 5.10. The van der Waals surface area contributed by atoms with E-state index in [4.69, 9.17) is 9.65 Å². The summed E-state index contributed by atoms with van der Waals surface area (Å²) in [6.45, 7) is 0.379. The topological polar surface area (TPSA) is 84.2 Å². The second-order valence-corrected chi connectivity index (χ2v) is 7.33. The predicted octanol–water partition coefficient (Wildman–Crippen LogP) is 3.32. The lowest BCUT2D eigenvalue weighted by atomic mass is 10.0. The van der Waals surface area contributed by atoms with Crippen LogP contribution < -0.4 is 10.3 Å². The van der Waals surface area contributed by atoms with Crippen molar-refractivity contribution < 1.29 is 8.76 Å². The van der Waals surface area contributed by atoms with Gasteiger partial charge in [-0.05, 0) is 36.2 Å². The lowest BCUT2D eigenvalue weighted by molar-refractivity contribution is 0.549. The van der Waals surface area contributed by atoms with E-state index >= 15 is 0 Å². The molecule has 7 heteroatoms. The molecule has 146 valence electrons. The zero-order chi connectivity index (χ0) is 20.2. The van der Waals surface area contributed by atoms with Gasteiger partial charge in [-0.2, -0.15) is 9.78 Å². The summed E-state index contributed by atoms with van der Waals surface area (Å²) in [6.07, 6.45) is 0.594. The highest BCUT2D eigenvalue weighted by Crippen LogP contribution is 2.26. The fraction of sp³-hybridized carbons (Fsp3) is 0.0909. The van der Waals surface area contributed by atoms with Gasteiger partial charge in [0.05, 0.1) is 16.8 Å². The summed E-state index contributed by atoms with van der Waals surface area (Å²) in [5.41, 5.74) is 3.14. The average molecular weight is 405 g/mol. The van der Waals surface area contributed by atoms with E-state index in [1.54, 1.807) is 0 Å². The van der Waals surface area contributed by atoms with Gasteiger partial charge in [-0.3, -0.25) is 9.35 Å². The van der Waals surface area contributed by atoms with Crippen molar-refractivity contribution in [1.82, 2.24) is 14.5 Å². The van der Waals surface area contributed by atoms with Crippen molar-refractivity contribution in [3.63, 3.8) is 0 Å². The van der Waals surface area contributed by atoms with Crippen molar-refractivity contribution in [1.29, 1.82) is 0 Å². The Bertz CT molecular complexity index is 1240. The molecule has 0 bridgehead atoms. The van der Waals surface area contributed by atoms with Gasteiger partial charge in [-0.15, -0.1) is 0 Å². The predicted molar refractivity (Wildman–Crippen MR) is 115 cm³/mol. The first kappa shape index (κ1) is 19.2. The number of aromatic nitrogens is 2. The van der Waals surface area contributed by atoms with Gasteiger partial charge in [0, 0.05) is 17.5 Å². The second-order valence-electron chi connectivity index (χ2n) is 6.54. The van der Waals surface area contributed by atoms with Crippen molar-refractivity contribution in [2.75, 3.05) is 6.54 Å². The molecule has 0 spiro atoms. The Labute approximate surface area is 170 Å². The highest BCUT2D eigenvalue weighted by Gasteiger charge is 2.13. The van der Waals surface area contributed by atoms with E-state index in [2.05, 4.69) is 4.72 Å². The number of nitrogens with one attached hydrogen (secondary N) is 1. The third-order valence-electron chi connectivity index (χ3n) is 4.65. The van der Waals surface area contributed by atoms with Crippen LogP contribution in [0.4, 0.5) is 0 Å². The average Bonchev–Trinajstić information content (AvgIpc) is 2.75. The molecule has 1 unspecified atom stereocenters. The second kappa shape index (κ2) is 8.48. The molecule has 0 aliphatic carbocycles. The third kappa shape index (κ3) is 4.17. The molecule has 0 aliphatic heterocycles. The summed E-state index contributed by atoms with van der Waals surface area (Å²) in [7, 11) is 0. The summed E-state index contributed by atoms with van der Waals surface area (Å²) >= 11 is -2.03. The molecule has 1 atom stereocenters. The van der Waals surface area contributed by atoms with Crippen LogP contribution in [0.2, 0.25) is 0 Å². The molecule has 29 heavy (non-hydrogen) atoms. The summed E-state index contributed by atoms with van der Waals surface area (Å²) in [5.74, 6) is 0. The molecule has 3 aromatic carbocycles. The van der Waals surface area contributed by atoms with Crippen molar-refractivity contribution in [2.45, 2.75) is 6.42 Å². The summed E-state index contributed by atoms with van der Waals surface area (Å²) in [4.78, 5) is 13.0. The van der Waals surface area contributed by atoms with Gasteiger partial charge in [-0.25, -0.2) is 8.93 Å². The van der Waals surface area contributed by atoms with E-state index in [1.807, 2.05) is 78.9 Å². The van der Waals surface area contributed by atoms with E-state index in [9.17, 15) is 9.00 Å². The molecule has 0 aliphatic rings. The molecular weight excluding hydrogens is 386 g/mol. The molecule has 0 amide bonds. The van der Waals surface area contributed by atoms with Gasteiger partial charge in [-0.1, -0.05) is 54.6 Å². The van der Waals surface area contributed by atoms with E-state index in [0.29, 0.717) is 29.7 Å². The van der Waals surface area contributed by atoms with Crippen LogP contribution in [0.5, 0.6) is 0 Å². The smallest absolute Gasteiger partial charge is 0.279 e. The van der Waals surface area contributed by atoms with Crippen LogP contribution in [-0.4, -0.2) is 25.1 Å². The lowest BCUT2D eigenvalue weighted by Crippen LogP contribution is -2.22. The van der Waals surface area contributed by atoms with E-state index in [0.717, 1.165) is 16.5 Å². The maximum absolute atomic E-state index is 13.0. The highest BCUT2D eigenvalue weighted by atomic mass is 32.2. The van der Waals surface area contributed by atoms with Gasteiger partial charge in [0.1, 0.15) is 0 Å². The number of hydrogen-bond acceptors (Lipinski definition) is 3. The van der Waals surface area contributed by atoms with E-state index in [-0.39, 0.29) is 5.56 Å². The van der Waals surface area contributed by atoms with E-state index in [1.165, 1.54) is 4.68 Å². The Morgan fingerprint density at radius 1 is 0.931 bits per heavy atom. The normalized spacial score (nSPS) is 12.2. The summed E-state index contributed by atoms with van der Waals surface area (Å²) < 4.78 is 23.6. The quantitative estimate of drug-likeness (QED) is 0.482.